The predicted molar refractivity (Wildman–Crippen MR) is 81.2 cm³/mol. The Morgan fingerprint density at radius 1 is 1.35 bits per heavy atom. The molecule has 0 spiro atoms. The number of aromatic nitrogens is 2. The Hall–Kier alpha value is -1.81. The van der Waals surface area contributed by atoms with Crippen LogP contribution in [0.25, 0.3) is 0 Å². The molecule has 4 heteroatoms. The first kappa shape index (κ1) is 14.6. The van der Waals surface area contributed by atoms with Crippen molar-refractivity contribution < 1.29 is 4.74 Å². The topological polar surface area (TPSA) is 39.1 Å². The molecule has 0 saturated carbocycles. The molecule has 0 saturated heterocycles. The number of rotatable bonds is 5. The van der Waals surface area contributed by atoms with Crippen LogP contribution < -0.4 is 10.1 Å². The molecule has 0 aliphatic rings. The first-order valence-corrected chi connectivity index (χ1v) is 6.95. The second-order valence-electron chi connectivity index (χ2n) is 4.98. The van der Waals surface area contributed by atoms with Gasteiger partial charge in [-0.2, -0.15) is 5.10 Å². The van der Waals surface area contributed by atoms with Crippen LogP contribution in [-0.4, -0.2) is 23.9 Å². The number of benzene rings is 1. The molecule has 1 aromatic heterocycles. The molecule has 0 aliphatic heterocycles. The van der Waals surface area contributed by atoms with Crippen LogP contribution >= 0.6 is 0 Å². The standard InChI is InChI=1S/C16H23N3O/c1-6-12-10-15(19(4)18-12)16(17-3)14-8-7-13(20-5)9-11(14)2/h7-10,16-17H,6H2,1-5H3. The summed E-state index contributed by atoms with van der Waals surface area (Å²) in [6.07, 6.45) is 0.950. The summed E-state index contributed by atoms with van der Waals surface area (Å²) >= 11 is 0. The molecule has 1 heterocycles. The van der Waals surface area contributed by atoms with Crippen LogP contribution in [0.2, 0.25) is 0 Å². The highest BCUT2D eigenvalue weighted by atomic mass is 16.5. The lowest BCUT2D eigenvalue weighted by Crippen LogP contribution is -2.21. The lowest BCUT2D eigenvalue weighted by molar-refractivity contribution is 0.414. The number of methoxy groups -OCH3 is 1. The van der Waals surface area contributed by atoms with Crippen molar-refractivity contribution in [1.82, 2.24) is 15.1 Å². The van der Waals surface area contributed by atoms with E-state index in [1.165, 1.54) is 16.8 Å². The molecule has 2 aromatic rings. The third-order valence-electron chi connectivity index (χ3n) is 3.70. The molecular formula is C16H23N3O. The molecular weight excluding hydrogens is 250 g/mol. The average Bonchev–Trinajstić information content (AvgIpc) is 2.82. The largest absolute Gasteiger partial charge is 0.497 e. The van der Waals surface area contributed by atoms with Gasteiger partial charge in [0.25, 0.3) is 0 Å². The molecule has 0 radical (unpaired) electrons. The van der Waals surface area contributed by atoms with Gasteiger partial charge in [-0.15, -0.1) is 0 Å². The second kappa shape index (κ2) is 6.09. The van der Waals surface area contributed by atoms with E-state index in [2.05, 4.69) is 42.5 Å². The van der Waals surface area contributed by atoms with Crippen LogP contribution in [0, 0.1) is 6.92 Å². The predicted octanol–water partition coefficient (Wildman–Crippen LogP) is 2.61. The molecule has 1 aromatic carbocycles. The summed E-state index contributed by atoms with van der Waals surface area (Å²) in [5.74, 6) is 0.889. The third kappa shape index (κ3) is 2.70. The Bertz CT molecular complexity index is 589. The first-order chi connectivity index (χ1) is 9.60. The maximum Gasteiger partial charge on any atom is 0.119 e. The highest BCUT2D eigenvalue weighted by Gasteiger charge is 2.19. The zero-order valence-electron chi connectivity index (χ0n) is 12.9. The Kier molecular flexibility index (Phi) is 4.45. The van der Waals surface area contributed by atoms with E-state index in [9.17, 15) is 0 Å². The summed E-state index contributed by atoms with van der Waals surface area (Å²) in [4.78, 5) is 0. The van der Waals surface area contributed by atoms with Crippen molar-refractivity contribution in [3.8, 4) is 5.75 Å². The van der Waals surface area contributed by atoms with Crippen molar-refractivity contribution in [2.24, 2.45) is 7.05 Å². The Labute approximate surface area is 120 Å². The second-order valence-corrected chi connectivity index (χ2v) is 4.98. The van der Waals surface area contributed by atoms with Gasteiger partial charge in [0.15, 0.2) is 0 Å². The van der Waals surface area contributed by atoms with Gasteiger partial charge in [-0.1, -0.05) is 13.0 Å². The summed E-state index contributed by atoms with van der Waals surface area (Å²) in [5.41, 5.74) is 4.76. The minimum absolute atomic E-state index is 0.138. The smallest absolute Gasteiger partial charge is 0.119 e. The maximum atomic E-state index is 5.28. The fourth-order valence-electron chi connectivity index (χ4n) is 2.55. The molecule has 20 heavy (non-hydrogen) atoms. The van der Waals surface area contributed by atoms with Crippen molar-refractivity contribution in [2.75, 3.05) is 14.2 Å². The van der Waals surface area contributed by atoms with Gasteiger partial charge in [-0.25, -0.2) is 0 Å². The number of ether oxygens (including phenoxy) is 1. The lowest BCUT2D eigenvalue weighted by atomic mass is 9.98. The Morgan fingerprint density at radius 3 is 2.60 bits per heavy atom. The maximum absolute atomic E-state index is 5.28. The number of hydrogen-bond donors (Lipinski definition) is 1. The van der Waals surface area contributed by atoms with E-state index < -0.39 is 0 Å². The van der Waals surface area contributed by atoms with E-state index in [-0.39, 0.29) is 6.04 Å². The van der Waals surface area contributed by atoms with E-state index in [1.807, 2.05) is 24.8 Å². The van der Waals surface area contributed by atoms with Crippen LogP contribution in [0.4, 0.5) is 0 Å². The summed E-state index contributed by atoms with van der Waals surface area (Å²) in [7, 11) is 5.67. The van der Waals surface area contributed by atoms with Gasteiger partial charge in [-0.3, -0.25) is 4.68 Å². The zero-order chi connectivity index (χ0) is 14.7. The minimum Gasteiger partial charge on any atom is -0.497 e. The van der Waals surface area contributed by atoms with Gasteiger partial charge in [0.2, 0.25) is 0 Å². The summed E-state index contributed by atoms with van der Waals surface area (Å²) in [6, 6.07) is 8.50. The van der Waals surface area contributed by atoms with Crippen LogP contribution in [0.3, 0.4) is 0 Å². The highest BCUT2D eigenvalue weighted by Crippen LogP contribution is 2.27. The number of aryl methyl sites for hydroxylation is 3. The first-order valence-electron chi connectivity index (χ1n) is 6.95. The van der Waals surface area contributed by atoms with Crippen LogP contribution in [0.1, 0.15) is 35.5 Å². The highest BCUT2D eigenvalue weighted by molar-refractivity contribution is 5.40. The van der Waals surface area contributed by atoms with Gasteiger partial charge < -0.3 is 10.1 Å². The molecule has 0 aliphatic carbocycles. The SMILES string of the molecule is CCc1cc(C(NC)c2ccc(OC)cc2C)n(C)n1. The number of nitrogens with zero attached hydrogens (tertiary/aromatic N) is 2. The Morgan fingerprint density at radius 2 is 2.10 bits per heavy atom. The van der Waals surface area contributed by atoms with Crippen molar-refractivity contribution in [3.05, 3.63) is 46.8 Å². The average molecular weight is 273 g/mol. The normalized spacial score (nSPS) is 12.4. The minimum atomic E-state index is 0.138. The fraction of sp³-hybridized carbons (Fsp3) is 0.438. The van der Waals surface area contributed by atoms with E-state index in [0.29, 0.717) is 0 Å². The summed E-state index contributed by atoms with van der Waals surface area (Å²) < 4.78 is 7.24. The fourth-order valence-corrected chi connectivity index (χ4v) is 2.55. The van der Waals surface area contributed by atoms with Crippen molar-refractivity contribution in [1.29, 1.82) is 0 Å². The molecule has 2 rings (SSSR count). The number of hydrogen-bond acceptors (Lipinski definition) is 3. The monoisotopic (exact) mass is 273 g/mol. The summed E-state index contributed by atoms with van der Waals surface area (Å²) in [6.45, 7) is 4.23. The molecule has 0 amide bonds. The third-order valence-corrected chi connectivity index (χ3v) is 3.70. The molecule has 0 fully saturated rings. The van der Waals surface area contributed by atoms with E-state index in [1.54, 1.807) is 7.11 Å². The molecule has 1 atom stereocenters. The van der Waals surface area contributed by atoms with E-state index >= 15 is 0 Å². The van der Waals surface area contributed by atoms with Crippen molar-refractivity contribution >= 4 is 0 Å². The quantitative estimate of drug-likeness (QED) is 0.910. The number of nitrogens with one attached hydrogen (secondary N) is 1. The van der Waals surface area contributed by atoms with Gasteiger partial charge in [0, 0.05) is 7.05 Å². The van der Waals surface area contributed by atoms with Crippen molar-refractivity contribution in [3.63, 3.8) is 0 Å². The molecule has 1 N–H and O–H groups in total. The van der Waals surface area contributed by atoms with E-state index in [0.717, 1.165) is 17.9 Å². The summed E-state index contributed by atoms with van der Waals surface area (Å²) in [5, 5.41) is 7.93. The van der Waals surface area contributed by atoms with Crippen molar-refractivity contribution in [2.45, 2.75) is 26.3 Å². The van der Waals surface area contributed by atoms with Crippen LogP contribution in [0.5, 0.6) is 5.75 Å². The van der Waals surface area contributed by atoms with Gasteiger partial charge >= 0.3 is 0 Å². The molecule has 0 bridgehead atoms. The zero-order valence-corrected chi connectivity index (χ0v) is 12.9. The van der Waals surface area contributed by atoms with Gasteiger partial charge in [-0.05, 0) is 49.7 Å². The molecule has 1 unspecified atom stereocenters. The Balaban J connectivity index is 2.43. The van der Waals surface area contributed by atoms with Gasteiger partial charge in [0.1, 0.15) is 5.75 Å². The van der Waals surface area contributed by atoms with Crippen LogP contribution in [-0.2, 0) is 13.5 Å². The van der Waals surface area contributed by atoms with Crippen LogP contribution in [0.15, 0.2) is 24.3 Å². The lowest BCUT2D eigenvalue weighted by Gasteiger charge is -2.19. The van der Waals surface area contributed by atoms with E-state index in [4.69, 9.17) is 4.74 Å². The molecule has 108 valence electrons. The van der Waals surface area contributed by atoms with Gasteiger partial charge in [0.05, 0.1) is 24.5 Å². The molecule has 4 nitrogen and oxygen atoms in total.